The summed E-state index contributed by atoms with van der Waals surface area (Å²) in [4.78, 5) is 14.4. The number of aryl methyl sites for hydroxylation is 1. The third-order valence-electron chi connectivity index (χ3n) is 3.62. The fourth-order valence-electron chi connectivity index (χ4n) is 2.54. The second-order valence-electron chi connectivity index (χ2n) is 4.92. The molecule has 0 aliphatic heterocycles. The quantitative estimate of drug-likeness (QED) is 0.755. The fourth-order valence-corrected chi connectivity index (χ4v) is 2.54. The van der Waals surface area contributed by atoms with Crippen LogP contribution in [-0.4, -0.2) is 16.1 Å². The summed E-state index contributed by atoms with van der Waals surface area (Å²) in [7, 11) is 0. The van der Waals surface area contributed by atoms with E-state index in [1.165, 1.54) is 12.1 Å². The molecule has 0 atom stereocenters. The van der Waals surface area contributed by atoms with Gasteiger partial charge in [-0.3, -0.25) is 0 Å². The van der Waals surface area contributed by atoms with Crippen molar-refractivity contribution in [3.63, 3.8) is 0 Å². The fraction of sp³-hybridized carbons (Fsp3) is 0.118. The average molecular weight is 283 g/mol. The number of carbonyl (C=O) groups is 1. The van der Waals surface area contributed by atoms with Crippen LogP contribution in [0.3, 0.4) is 0 Å². The summed E-state index contributed by atoms with van der Waals surface area (Å²) in [6.07, 6.45) is 0.867. The second kappa shape index (κ2) is 5.05. The molecule has 3 aromatic rings. The molecule has 0 fully saturated rings. The third-order valence-corrected chi connectivity index (χ3v) is 3.62. The average Bonchev–Trinajstić information content (AvgIpc) is 2.86. The summed E-state index contributed by atoms with van der Waals surface area (Å²) in [6, 6.07) is 11.7. The molecule has 0 amide bonds. The first-order chi connectivity index (χ1) is 10.1. The number of carboxylic acid groups (broad SMARTS) is 1. The number of rotatable bonds is 3. The van der Waals surface area contributed by atoms with E-state index in [1.807, 2.05) is 25.1 Å². The van der Waals surface area contributed by atoms with Crippen LogP contribution in [-0.2, 0) is 6.42 Å². The van der Waals surface area contributed by atoms with Crippen LogP contribution in [0.1, 0.15) is 23.0 Å². The molecule has 0 radical (unpaired) electrons. The maximum absolute atomic E-state index is 13.1. The number of aromatic nitrogens is 1. The van der Waals surface area contributed by atoms with Crippen molar-refractivity contribution in [2.45, 2.75) is 13.3 Å². The highest BCUT2D eigenvalue weighted by Gasteiger charge is 2.18. The second-order valence-corrected chi connectivity index (χ2v) is 4.92. The van der Waals surface area contributed by atoms with E-state index in [1.54, 1.807) is 12.1 Å². The van der Waals surface area contributed by atoms with Gasteiger partial charge in [0.15, 0.2) is 0 Å². The first kappa shape index (κ1) is 13.4. The van der Waals surface area contributed by atoms with Gasteiger partial charge in [0, 0.05) is 16.5 Å². The number of nitrogens with one attached hydrogen (secondary N) is 1. The van der Waals surface area contributed by atoms with Crippen molar-refractivity contribution in [2.75, 3.05) is 0 Å². The van der Waals surface area contributed by atoms with Crippen LogP contribution in [0.2, 0.25) is 0 Å². The van der Waals surface area contributed by atoms with Crippen molar-refractivity contribution in [2.24, 2.45) is 0 Å². The van der Waals surface area contributed by atoms with Gasteiger partial charge >= 0.3 is 5.97 Å². The predicted octanol–water partition coefficient (Wildman–Crippen LogP) is 4.23. The van der Waals surface area contributed by atoms with E-state index in [4.69, 9.17) is 0 Å². The molecule has 0 aliphatic carbocycles. The van der Waals surface area contributed by atoms with Gasteiger partial charge in [-0.1, -0.05) is 25.1 Å². The van der Waals surface area contributed by atoms with Crippen LogP contribution in [0.5, 0.6) is 0 Å². The third kappa shape index (κ3) is 2.29. The number of H-pyrrole nitrogens is 1. The number of carboxylic acids is 1. The van der Waals surface area contributed by atoms with Gasteiger partial charge in [-0.05, 0) is 41.8 Å². The van der Waals surface area contributed by atoms with Crippen LogP contribution in [0.4, 0.5) is 4.39 Å². The number of hydrogen-bond donors (Lipinski definition) is 2. The first-order valence-corrected chi connectivity index (χ1v) is 6.74. The standard InChI is InChI=1S/C17H14FNO2/c1-2-10-3-8-14-13(9-10)15(16(19-14)17(20)21)11-4-6-12(18)7-5-11/h3-9,19H,2H2,1H3,(H,20,21). The first-order valence-electron chi connectivity index (χ1n) is 6.74. The van der Waals surface area contributed by atoms with E-state index in [9.17, 15) is 14.3 Å². The van der Waals surface area contributed by atoms with Gasteiger partial charge in [0.05, 0.1) is 0 Å². The van der Waals surface area contributed by atoms with Crippen LogP contribution in [0.15, 0.2) is 42.5 Å². The lowest BCUT2D eigenvalue weighted by atomic mass is 10.00. The number of halogens is 1. The van der Waals surface area contributed by atoms with Crippen molar-refractivity contribution >= 4 is 16.9 Å². The van der Waals surface area contributed by atoms with Gasteiger partial charge < -0.3 is 10.1 Å². The van der Waals surface area contributed by atoms with Crippen molar-refractivity contribution in [3.05, 3.63) is 59.5 Å². The lowest BCUT2D eigenvalue weighted by Crippen LogP contribution is -1.98. The van der Waals surface area contributed by atoms with Crippen molar-refractivity contribution in [3.8, 4) is 11.1 Å². The van der Waals surface area contributed by atoms with Crippen molar-refractivity contribution < 1.29 is 14.3 Å². The van der Waals surface area contributed by atoms with E-state index in [0.717, 1.165) is 22.9 Å². The summed E-state index contributed by atoms with van der Waals surface area (Å²) in [5.41, 5.74) is 3.32. The van der Waals surface area contributed by atoms with Gasteiger partial charge in [0.2, 0.25) is 0 Å². The lowest BCUT2D eigenvalue weighted by Gasteiger charge is -2.03. The Bertz CT molecular complexity index is 819. The minimum absolute atomic E-state index is 0.130. The molecule has 0 aliphatic rings. The maximum Gasteiger partial charge on any atom is 0.352 e. The van der Waals surface area contributed by atoms with E-state index >= 15 is 0 Å². The monoisotopic (exact) mass is 283 g/mol. The summed E-state index contributed by atoms with van der Waals surface area (Å²) >= 11 is 0. The van der Waals surface area contributed by atoms with E-state index in [2.05, 4.69) is 4.98 Å². The predicted molar refractivity (Wildman–Crippen MR) is 80.0 cm³/mol. The Hall–Kier alpha value is -2.62. The molecule has 0 saturated heterocycles. The van der Waals surface area contributed by atoms with E-state index in [-0.39, 0.29) is 11.5 Å². The molecule has 1 heterocycles. The molecule has 2 aromatic carbocycles. The number of fused-ring (bicyclic) bond motifs is 1. The normalized spacial score (nSPS) is 11.0. The molecule has 1 aromatic heterocycles. The van der Waals surface area contributed by atoms with Crippen LogP contribution in [0.25, 0.3) is 22.0 Å². The minimum Gasteiger partial charge on any atom is -0.477 e. The number of benzene rings is 2. The Morgan fingerprint density at radius 3 is 2.52 bits per heavy atom. The molecule has 3 nitrogen and oxygen atoms in total. The minimum atomic E-state index is -1.02. The molecule has 0 bridgehead atoms. The molecule has 106 valence electrons. The largest absolute Gasteiger partial charge is 0.477 e. The molecular formula is C17H14FNO2. The van der Waals surface area contributed by atoms with Gasteiger partial charge in [0.25, 0.3) is 0 Å². The molecule has 21 heavy (non-hydrogen) atoms. The Morgan fingerprint density at radius 1 is 1.19 bits per heavy atom. The Balaban J connectivity index is 2.33. The summed E-state index contributed by atoms with van der Waals surface area (Å²) < 4.78 is 13.1. The molecule has 3 rings (SSSR count). The molecule has 2 N–H and O–H groups in total. The zero-order valence-electron chi connectivity index (χ0n) is 11.5. The van der Waals surface area contributed by atoms with Crippen LogP contribution >= 0.6 is 0 Å². The molecule has 4 heteroatoms. The van der Waals surface area contributed by atoms with Crippen LogP contribution in [0, 0.1) is 5.82 Å². The Labute approximate surface area is 121 Å². The highest BCUT2D eigenvalue weighted by Crippen LogP contribution is 2.33. The zero-order chi connectivity index (χ0) is 15.0. The number of hydrogen-bond acceptors (Lipinski definition) is 1. The molecule has 0 spiro atoms. The Kier molecular flexibility index (Phi) is 3.22. The highest BCUT2D eigenvalue weighted by molar-refractivity contribution is 6.07. The highest BCUT2D eigenvalue weighted by atomic mass is 19.1. The van der Waals surface area contributed by atoms with Crippen molar-refractivity contribution in [1.29, 1.82) is 0 Å². The van der Waals surface area contributed by atoms with Gasteiger partial charge in [-0.15, -0.1) is 0 Å². The van der Waals surface area contributed by atoms with Gasteiger partial charge in [0.1, 0.15) is 11.5 Å². The number of aromatic amines is 1. The molecule has 0 unspecified atom stereocenters. The van der Waals surface area contributed by atoms with E-state index < -0.39 is 5.97 Å². The smallest absolute Gasteiger partial charge is 0.352 e. The Morgan fingerprint density at radius 2 is 1.90 bits per heavy atom. The van der Waals surface area contributed by atoms with E-state index in [0.29, 0.717) is 11.1 Å². The van der Waals surface area contributed by atoms with Crippen molar-refractivity contribution in [1.82, 2.24) is 4.98 Å². The van der Waals surface area contributed by atoms with Crippen LogP contribution < -0.4 is 0 Å². The van der Waals surface area contributed by atoms with Gasteiger partial charge in [-0.2, -0.15) is 0 Å². The lowest BCUT2D eigenvalue weighted by molar-refractivity contribution is 0.0692. The van der Waals surface area contributed by atoms with Gasteiger partial charge in [-0.25, -0.2) is 9.18 Å². The zero-order valence-corrected chi connectivity index (χ0v) is 11.5. The maximum atomic E-state index is 13.1. The summed E-state index contributed by atoms with van der Waals surface area (Å²) in [5.74, 6) is -1.37. The molecular weight excluding hydrogens is 269 g/mol. The topological polar surface area (TPSA) is 53.1 Å². The summed E-state index contributed by atoms with van der Waals surface area (Å²) in [6.45, 7) is 2.05. The summed E-state index contributed by atoms with van der Waals surface area (Å²) in [5, 5.41) is 10.2. The molecule has 0 saturated carbocycles. The SMILES string of the molecule is CCc1ccc2[nH]c(C(=O)O)c(-c3ccc(F)cc3)c2c1. The number of aromatic carboxylic acids is 1.